The molecule has 0 saturated heterocycles. The SMILES string of the molecule is Cn1cc(-c2ncncc2Cl)cn1. The van der Waals surface area contributed by atoms with Gasteiger partial charge in [-0.1, -0.05) is 11.6 Å². The van der Waals surface area contributed by atoms with E-state index in [2.05, 4.69) is 15.1 Å². The Morgan fingerprint density at radius 3 is 2.85 bits per heavy atom. The Kier molecular flexibility index (Phi) is 1.98. The molecule has 0 aliphatic carbocycles. The average Bonchev–Trinajstić information content (AvgIpc) is 2.53. The van der Waals surface area contributed by atoms with Crippen LogP contribution in [0.3, 0.4) is 0 Å². The molecule has 13 heavy (non-hydrogen) atoms. The lowest BCUT2D eigenvalue weighted by Gasteiger charge is -1.96. The maximum atomic E-state index is 5.91. The average molecular weight is 195 g/mol. The third-order valence-corrected chi connectivity index (χ3v) is 1.92. The first-order chi connectivity index (χ1) is 6.27. The normalized spacial score (nSPS) is 10.3. The predicted octanol–water partition coefficient (Wildman–Crippen LogP) is 1.53. The topological polar surface area (TPSA) is 43.6 Å². The number of rotatable bonds is 1. The first-order valence-corrected chi connectivity index (χ1v) is 4.09. The maximum absolute atomic E-state index is 5.91. The summed E-state index contributed by atoms with van der Waals surface area (Å²) in [4.78, 5) is 7.87. The second-order valence-corrected chi connectivity index (χ2v) is 3.03. The van der Waals surface area contributed by atoms with Crippen molar-refractivity contribution in [1.82, 2.24) is 19.7 Å². The van der Waals surface area contributed by atoms with Crippen molar-refractivity contribution in [3.63, 3.8) is 0 Å². The molecule has 0 aliphatic heterocycles. The summed E-state index contributed by atoms with van der Waals surface area (Å²) in [6, 6.07) is 0. The van der Waals surface area contributed by atoms with Gasteiger partial charge in [0.25, 0.3) is 0 Å². The highest BCUT2D eigenvalue weighted by atomic mass is 35.5. The highest BCUT2D eigenvalue weighted by Crippen LogP contribution is 2.22. The summed E-state index contributed by atoms with van der Waals surface area (Å²) in [5.41, 5.74) is 1.61. The van der Waals surface area contributed by atoms with Gasteiger partial charge in [0.15, 0.2) is 0 Å². The Morgan fingerprint density at radius 2 is 2.23 bits per heavy atom. The van der Waals surface area contributed by atoms with Crippen LogP contribution in [0, 0.1) is 0 Å². The Hall–Kier alpha value is -1.42. The molecule has 0 aliphatic rings. The number of halogens is 1. The lowest BCUT2D eigenvalue weighted by atomic mass is 10.2. The minimum atomic E-state index is 0.538. The first-order valence-electron chi connectivity index (χ1n) is 3.72. The summed E-state index contributed by atoms with van der Waals surface area (Å²) >= 11 is 5.91. The van der Waals surface area contributed by atoms with Crippen molar-refractivity contribution in [2.24, 2.45) is 7.05 Å². The molecule has 2 heterocycles. The van der Waals surface area contributed by atoms with Gasteiger partial charge < -0.3 is 0 Å². The van der Waals surface area contributed by atoms with E-state index in [4.69, 9.17) is 11.6 Å². The lowest BCUT2D eigenvalue weighted by Crippen LogP contribution is -1.86. The van der Waals surface area contributed by atoms with Crippen molar-refractivity contribution in [2.75, 3.05) is 0 Å². The van der Waals surface area contributed by atoms with Gasteiger partial charge in [0.2, 0.25) is 0 Å². The van der Waals surface area contributed by atoms with Crippen molar-refractivity contribution in [3.05, 3.63) is 29.9 Å². The van der Waals surface area contributed by atoms with Crippen LogP contribution >= 0.6 is 11.6 Å². The van der Waals surface area contributed by atoms with Crippen molar-refractivity contribution in [2.45, 2.75) is 0 Å². The molecule has 0 bridgehead atoms. The summed E-state index contributed by atoms with van der Waals surface area (Å²) in [5.74, 6) is 0. The largest absolute Gasteiger partial charge is 0.275 e. The Bertz CT molecular complexity index is 424. The van der Waals surface area contributed by atoms with Crippen molar-refractivity contribution >= 4 is 11.6 Å². The molecule has 0 N–H and O–H groups in total. The maximum Gasteiger partial charge on any atom is 0.116 e. The highest BCUT2D eigenvalue weighted by Gasteiger charge is 2.05. The van der Waals surface area contributed by atoms with Gasteiger partial charge in [-0.25, -0.2) is 9.97 Å². The van der Waals surface area contributed by atoms with Crippen LogP contribution in [0.5, 0.6) is 0 Å². The molecule has 66 valence electrons. The van der Waals surface area contributed by atoms with Crippen molar-refractivity contribution in [1.29, 1.82) is 0 Å². The predicted molar refractivity (Wildman–Crippen MR) is 49.2 cm³/mol. The molecule has 2 aromatic heterocycles. The molecule has 2 rings (SSSR count). The molecule has 0 amide bonds. The smallest absolute Gasteiger partial charge is 0.116 e. The van der Waals surface area contributed by atoms with Crippen LogP contribution in [-0.4, -0.2) is 19.7 Å². The van der Waals surface area contributed by atoms with Crippen LogP contribution < -0.4 is 0 Å². The second kappa shape index (κ2) is 3.14. The van der Waals surface area contributed by atoms with E-state index in [-0.39, 0.29) is 0 Å². The van der Waals surface area contributed by atoms with Gasteiger partial charge >= 0.3 is 0 Å². The third-order valence-electron chi connectivity index (χ3n) is 1.65. The van der Waals surface area contributed by atoms with Gasteiger partial charge in [-0.15, -0.1) is 0 Å². The van der Waals surface area contributed by atoms with Crippen LogP contribution in [0.15, 0.2) is 24.9 Å². The van der Waals surface area contributed by atoms with Crippen LogP contribution in [0.25, 0.3) is 11.3 Å². The van der Waals surface area contributed by atoms with E-state index >= 15 is 0 Å². The quantitative estimate of drug-likeness (QED) is 0.692. The van der Waals surface area contributed by atoms with Gasteiger partial charge in [0.05, 0.1) is 16.9 Å². The Morgan fingerprint density at radius 1 is 1.38 bits per heavy atom. The van der Waals surface area contributed by atoms with Crippen LogP contribution in [0.4, 0.5) is 0 Å². The zero-order valence-corrected chi connectivity index (χ0v) is 7.73. The van der Waals surface area contributed by atoms with Crippen molar-refractivity contribution in [3.8, 4) is 11.3 Å². The summed E-state index contributed by atoms with van der Waals surface area (Å²) in [5, 5.41) is 4.57. The molecule has 0 saturated carbocycles. The van der Waals surface area contributed by atoms with Gasteiger partial charge in [-0.2, -0.15) is 5.10 Å². The molecule has 0 unspecified atom stereocenters. The summed E-state index contributed by atoms with van der Waals surface area (Å²) in [7, 11) is 1.85. The third kappa shape index (κ3) is 1.53. The van der Waals surface area contributed by atoms with E-state index in [0.29, 0.717) is 10.7 Å². The van der Waals surface area contributed by atoms with Crippen molar-refractivity contribution < 1.29 is 0 Å². The molecule has 0 spiro atoms. The zero-order chi connectivity index (χ0) is 9.26. The Balaban J connectivity index is 2.52. The Labute approximate surface area is 80.2 Å². The molecule has 0 aromatic carbocycles. The fourth-order valence-electron chi connectivity index (χ4n) is 1.07. The number of hydrogen-bond donors (Lipinski definition) is 0. The van der Waals surface area contributed by atoms with E-state index in [1.54, 1.807) is 17.1 Å². The van der Waals surface area contributed by atoms with E-state index in [9.17, 15) is 0 Å². The van der Waals surface area contributed by atoms with E-state index in [1.807, 2.05) is 13.2 Å². The summed E-state index contributed by atoms with van der Waals surface area (Å²) in [6.45, 7) is 0. The fourth-order valence-corrected chi connectivity index (χ4v) is 1.28. The molecular weight excluding hydrogens is 188 g/mol. The van der Waals surface area contributed by atoms with E-state index < -0.39 is 0 Å². The molecule has 2 aromatic rings. The molecule has 4 nitrogen and oxygen atoms in total. The van der Waals surface area contributed by atoms with Gasteiger partial charge in [0, 0.05) is 25.0 Å². The van der Waals surface area contributed by atoms with Gasteiger partial charge in [-0.3, -0.25) is 4.68 Å². The van der Waals surface area contributed by atoms with Crippen LogP contribution in [0.1, 0.15) is 0 Å². The monoisotopic (exact) mass is 194 g/mol. The fraction of sp³-hybridized carbons (Fsp3) is 0.125. The lowest BCUT2D eigenvalue weighted by molar-refractivity contribution is 0.768. The molecular formula is C8H7ClN4. The first kappa shape index (κ1) is 8.19. The minimum Gasteiger partial charge on any atom is -0.275 e. The van der Waals surface area contributed by atoms with Crippen LogP contribution in [0.2, 0.25) is 5.02 Å². The molecule has 0 atom stereocenters. The standard InChI is InChI=1S/C8H7ClN4/c1-13-4-6(2-12-13)8-7(9)3-10-5-11-8/h2-5H,1H3. The van der Waals surface area contributed by atoms with Gasteiger partial charge in [-0.05, 0) is 0 Å². The number of aryl methyl sites for hydroxylation is 1. The summed E-state index contributed by atoms with van der Waals surface area (Å²) in [6.07, 6.45) is 6.60. The minimum absolute atomic E-state index is 0.538. The number of aromatic nitrogens is 4. The van der Waals surface area contributed by atoms with Crippen LogP contribution in [-0.2, 0) is 7.05 Å². The number of hydrogen-bond acceptors (Lipinski definition) is 3. The zero-order valence-electron chi connectivity index (χ0n) is 6.98. The highest BCUT2D eigenvalue weighted by molar-refractivity contribution is 6.32. The summed E-state index contributed by atoms with van der Waals surface area (Å²) < 4.78 is 1.70. The van der Waals surface area contributed by atoms with Gasteiger partial charge in [0.1, 0.15) is 6.33 Å². The second-order valence-electron chi connectivity index (χ2n) is 2.62. The van der Waals surface area contributed by atoms with E-state index in [0.717, 1.165) is 5.56 Å². The molecule has 5 heteroatoms. The van der Waals surface area contributed by atoms with E-state index in [1.165, 1.54) is 6.33 Å². The number of nitrogens with zero attached hydrogens (tertiary/aromatic N) is 4. The molecule has 0 fully saturated rings. The molecule has 0 radical (unpaired) electrons.